The van der Waals surface area contributed by atoms with E-state index in [4.69, 9.17) is 42.7 Å². The molecular weight excluding hydrogens is 771 g/mol. The minimum atomic E-state index is -1.32. The number of nitriles is 1. The average molecular weight is 806 g/mol. The van der Waals surface area contributed by atoms with Crippen LogP contribution in [0.5, 0.6) is 11.5 Å². The normalized spacial score (nSPS) is 16.1. The lowest BCUT2D eigenvalue weighted by Crippen LogP contribution is -2.55. The third kappa shape index (κ3) is 8.50. The number of carbonyl (C=O) groups excluding carboxylic acids is 3. The molecule has 5 aromatic rings. The van der Waals surface area contributed by atoms with E-state index in [1.165, 1.54) is 7.11 Å². The number of methoxy groups -OCH3 is 1. The molecule has 12 nitrogen and oxygen atoms in total. The molecule has 3 N–H and O–H groups in total. The molecule has 14 heteroatoms. The van der Waals surface area contributed by atoms with E-state index in [0.29, 0.717) is 55.0 Å². The maximum Gasteiger partial charge on any atom is 0.408 e. The van der Waals surface area contributed by atoms with E-state index in [2.05, 4.69) is 16.7 Å². The number of ether oxygens (including phenoxy) is 3. The van der Waals surface area contributed by atoms with Gasteiger partial charge >= 0.3 is 12.1 Å². The van der Waals surface area contributed by atoms with Gasteiger partial charge in [-0.3, -0.25) is 14.5 Å². The van der Waals surface area contributed by atoms with Crippen LogP contribution in [0.1, 0.15) is 39.5 Å². The Labute approximate surface area is 337 Å². The molecule has 7 rings (SSSR count). The quantitative estimate of drug-likeness (QED) is 0.121. The van der Waals surface area contributed by atoms with E-state index in [0.717, 1.165) is 21.6 Å². The Morgan fingerprint density at radius 3 is 2.26 bits per heavy atom. The lowest BCUT2D eigenvalue weighted by molar-refractivity contribution is -0.145. The molecule has 0 aromatic heterocycles. The van der Waals surface area contributed by atoms with Crippen molar-refractivity contribution in [3.8, 4) is 28.7 Å². The van der Waals surface area contributed by atoms with Crippen LogP contribution in [-0.4, -0.2) is 53.1 Å². The van der Waals surface area contributed by atoms with Crippen LogP contribution in [0.3, 0.4) is 0 Å². The number of hydrogen-bond acceptors (Lipinski definition) is 8. The zero-order valence-corrected chi connectivity index (χ0v) is 31.8. The van der Waals surface area contributed by atoms with E-state index in [-0.39, 0.29) is 26.0 Å². The molecule has 3 atom stereocenters. The smallest absolute Gasteiger partial charge is 0.408 e. The molecule has 5 aromatic carbocycles. The van der Waals surface area contributed by atoms with Gasteiger partial charge in [-0.1, -0.05) is 77.8 Å². The third-order valence-corrected chi connectivity index (χ3v) is 10.6. The maximum absolute atomic E-state index is 13.8. The molecule has 0 saturated heterocycles. The minimum Gasteiger partial charge on any atom is -0.489 e. The lowest BCUT2D eigenvalue weighted by atomic mass is 9.92. The van der Waals surface area contributed by atoms with Crippen LogP contribution in [0.15, 0.2) is 103 Å². The number of hydrogen-bond donors (Lipinski definition) is 3. The van der Waals surface area contributed by atoms with E-state index < -0.39 is 42.1 Å². The van der Waals surface area contributed by atoms with Gasteiger partial charge in [0.2, 0.25) is 12.0 Å². The number of carbonyl (C=O) groups is 4. The SMILES string of the molecule is COC(=O)[C@H](Cc1ccc(-c2ccc(C#N)cc2)cc1)NC(=O)C1Cc2cc3c(cc2CN1C(=O)O)O[C@@H](c1ccc(OCc2c(Cl)cccc2Cl)cc1)C(=O)N3. The predicted molar refractivity (Wildman–Crippen MR) is 211 cm³/mol. The third-order valence-electron chi connectivity index (χ3n) is 9.89. The van der Waals surface area contributed by atoms with Crippen LogP contribution in [-0.2, 0) is 45.1 Å². The van der Waals surface area contributed by atoms with Crippen LogP contribution in [0.25, 0.3) is 11.1 Å². The fourth-order valence-electron chi connectivity index (χ4n) is 6.82. The van der Waals surface area contributed by atoms with Crippen LogP contribution in [0.2, 0.25) is 10.0 Å². The summed E-state index contributed by atoms with van der Waals surface area (Å²) >= 11 is 12.5. The van der Waals surface area contributed by atoms with E-state index in [9.17, 15) is 24.3 Å². The number of nitrogens with one attached hydrogen (secondary N) is 2. The second-order valence-electron chi connectivity index (χ2n) is 13.5. The number of esters is 1. The molecule has 2 heterocycles. The first-order chi connectivity index (χ1) is 27.5. The van der Waals surface area contributed by atoms with Crippen LogP contribution in [0.4, 0.5) is 10.5 Å². The van der Waals surface area contributed by atoms with Crippen molar-refractivity contribution in [2.24, 2.45) is 0 Å². The number of carboxylic acid groups (broad SMARTS) is 1. The van der Waals surface area contributed by atoms with Crippen molar-refractivity contribution in [1.29, 1.82) is 5.26 Å². The van der Waals surface area contributed by atoms with Crippen molar-refractivity contribution in [2.75, 3.05) is 12.4 Å². The highest BCUT2D eigenvalue weighted by Crippen LogP contribution is 2.40. The Hall–Kier alpha value is -6.55. The first kappa shape index (κ1) is 38.7. The van der Waals surface area contributed by atoms with Gasteiger partial charge in [0.25, 0.3) is 5.91 Å². The van der Waals surface area contributed by atoms with Crippen molar-refractivity contribution >= 4 is 52.8 Å². The number of fused-ring (bicyclic) bond motifs is 2. The van der Waals surface area contributed by atoms with Gasteiger partial charge in [-0.2, -0.15) is 5.26 Å². The fourth-order valence-corrected chi connectivity index (χ4v) is 7.33. The second-order valence-corrected chi connectivity index (χ2v) is 14.3. The first-order valence-electron chi connectivity index (χ1n) is 17.8. The summed E-state index contributed by atoms with van der Waals surface area (Å²) in [7, 11) is 1.21. The number of anilines is 1. The Morgan fingerprint density at radius 1 is 0.965 bits per heavy atom. The lowest BCUT2D eigenvalue weighted by Gasteiger charge is -2.36. The maximum atomic E-state index is 13.8. The van der Waals surface area contributed by atoms with Gasteiger partial charge in [0.1, 0.15) is 30.2 Å². The summed E-state index contributed by atoms with van der Waals surface area (Å²) < 4.78 is 17.0. The predicted octanol–water partition coefficient (Wildman–Crippen LogP) is 7.49. The van der Waals surface area contributed by atoms with Gasteiger partial charge in [-0.25, -0.2) is 9.59 Å². The van der Waals surface area contributed by atoms with Gasteiger partial charge in [-0.05, 0) is 76.3 Å². The second kappa shape index (κ2) is 16.7. The summed E-state index contributed by atoms with van der Waals surface area (Å²) in [5.74, 6) is -0.905. The average Bonchev–Trinajstić information content (AvgIpc) is 3.22. The molecular formula is C43H34Cl2N4O8. The van der Waals surface area contributed by atoms with Crippen molar-refractivity contribution in [1.82, 2.24) is 10.2 Å². The number of rotatable bonds is 10. The van der Waals surface area contributed by atoms with E-state index >= 15 is 0 Å². The molecule has 3 amide bonds. The zero-order chi connectivity index (χ0) is 40.2. The number of halogens is 2. The number of amides is 3. The molecule has 0 fully saturated rings. The largest absolute Gasteiger partial charge is 0.489 e. The summed E-state index contributed by atoms with van der Waals surface area (Å²) in [4.78, 5) is 53.5. The highest BCUT2D eigenvalue weighted by Gasteiger charge is 2.38. The molecule has 0 aliphatic carbocycles. The van der Waals surface area contributed by atoms with Gasteiger partial charge in [-0.15, -0.1) is 0 Å². The van der Waals surface area contributed by atoms with Crippen LogP contribution < -0.4 is 20.1 Å². The highest BCUT2D eigenvalue weighted by molar-refractivity contribution is 6.36. The summed E-state index contributed by atoms with van der Waals surface area (Å²) in [5, 5.41) is 25.9. The summed E-state index contributed by atoms with van der Waals surface area (Å²) in [6, 6.07) is 29.7. The summed E-state index contributed by atoms with van der Waals surface area (Å²) in [6.45, 7) is 0.00889. The van der Waals surface area contributed by atoms with Gasteiger partial charge < -0.3 is 30.0 Å². The standard InChI is InChI=1S/C43H34Cl2N4O8/c1-55-42(52)36(17-24-5-9-26(10-6-24)27-11-7-25(21-46)8-12-27)48-40(50)37-19-29-18-35-38(20-30(29)22-49(37)43(53)54)57-39(41(51)47-35)28-13-15-31(16-14-28)56-23-32-33(44)3-2-4-34(32)45/h2-16,18,20,36-37,39H,17,19,22-23H2,1H3,(H,47,51)(H,48,50)(H,53,54)/t36-,37?,39-/m0/s1. The Morgan fingerprint density at radius 2 is 1.63 bits per heavy atom. The molecule has 0 radical (unpaired) electrons. The van der Waals surface area contributed by atoms with Gasteiger partial charge in [0.05, 0.1) is 31.0 Å². The molecule has 288 valence electrons. The zero-order valence-electron chi connectivity index (χ0n) is 30.3. The fraction of sp³-hybridized carbons (Fsp3) is 0.186. The number of benzene rings is 5. The number of nitrogens with zero attached hydrogens (tertiary/aromatic N) is 2. The van der Waals surface area contributed by atoms with Crippen LogP contribution >= 0.6 is 23.2 Å². The van der Waals surface area contributed by atoms with Crippen molar-refractivity contribution in [3.05, 3.63) is 147 Å². The Kier molecular flexibility index (Phi) is 11.3. The van der Waals surface area contributed by atoms with Crippen molar-refractivity contribution in [3.63, 3.8) is 0 Å². The van der Waals surface area contributed by atoms with Crippen LogP contribution in [0, 0.1) is 11.3 Å². The molecule has 1 unspecified atom stereocenters. The first-order valence-corrected chi connectivity index (χ1v) is 18.5. The topological polar surface area (TPSA) is 167 Å². The van der Waals surface area contributed by atoms with Crippen molar-refractivity contribution in [2.45, 2.75) is 44.2 Å². The molecule has 2 aliphatic rings. The molecule has 57 heavy (non-hydrogen) atoms. The highest BCUT2D eigenvalue weighted by atomic mass is 35.5. The van der Waals surface area contributed by atoms with Gasteiger partial charge in [0.15, 0.2) is 0 Å². The minimum absolute atomic E-state index is 0.0197. The Balaban J connectivity index is 1.03. The van der Waals surface area contributed by atoms with Gasteiger partial charge in [0, 0.05) is 34.0 Å². The molecule has 0 bridgehead atoms. The molecule has 0 saturated carbocycles. The van der Waals surface area contributed by atoms with Crippen molar-refractivity contribution < 1.29 is 38.5 Å². The monoisotopic (exact) mass is 804 g/mol. The Bertz CT molecular complexity index is 2380. The van der Waals surface area contributed by atoms with E-state index in [1.54, 1.807) is 66.7 Å². The molecule has 2 aliphatic heterocycles. The molecule has 0 spiro atoms. The van der Waals surface area contributed by atoms with E-state index in [1.807, 2.05) is 36.4 Å². The summed E-state index contributed by atoms with van der Waals surface area (Å²) in [5.41, 5.74) is 5.92. The summed E-state index contributed by atoms with van der Waals surface area (Å²) in [6.07, 6.45) is -2.25.